The van der Waals surface area contributed by atoms with Gasteiger partial charge in [-0.05, 0) is 31.5 Å². The third-order valence-corrected chi connectivity index (χ3v) is 6.62. The molecular weight excluding hydrogens is 480 g/mol. The van der Waals surface area contributed by atoms with Gasteiger partial charge in [0.25, 0.3) is 5.78 Å². The maximum Gasteiger partial charge on any atom is 0.350 e. The van der Waals surface area contributed by atoms with Crippen LogP contribution in [0.2, 0.25) is 0 Å². The number of aliphatic hydroxyl groups is 1. The van der Waals surface area contributed by atoms with Gasteiger partial charge >= 0.3 is 11.9 Å². The maximum atomic E-state index is 13.3. The number of Topliss-reactive ketones (excluding diaryl/α,β-unsaturated/α-hetero) is 1. The Balaban J connectivity index is 1.86. The molecule has 1 aliphatic rings. The molecule has 2 heterocycles. The number of aliphatic hydroxyl groups excluding tert-OH is 1. The Hall–Kier alpha value is -4.24. The quantitative estimate of drug-likeness (QED) is 0.154. The molecule has 2 aromatic carbocycles. The second-order valence-electron chi connectivity index (χ2n) is 7.84. The largest absolute Gasteiger partial charge is 0.507 e. The van der Waals surface area contributed by atoms with Crippen molar-refractivity contribution >= 4 is 39.9 Å². The number of aryl methyl sites for hydroxylation is 1. The summed E-state index contributed by atoms with van der Waals surface area (Å²) in [6.45, 7) is 7.45. The molecule has 8 nitrogen and oxygen atoms in total. The van der Waals surface area contributed by atoms with Gasteiger partial charge in [-0.3, -0.25) is 14.5 Å². The zero-order valence-electron chi connectivity index (χ0n) is 19.8. The number of esters is 1. The highest BCUT2D eigenvalue weighted by Crippen LogP contribution is 2.44. The van der Waals surface area contributed by atoms with Gasteiger partial charge in [-0.1, -0.05) is 66.5 Å². The normalized spacial score (nSPS) is 16.7. The molecule has 36 heavy (non-hydrogen) atoms. The minimum Gasteiger partial charge on any atom is -0.507 e. The molecular formula is C27H24N2O6S. The molecule has 0 radical (unpaired) electrons. The SMILES string of the molecule is C=CCOC(=O)c1sc(N2C(=O)C(=O)/C(=C(/O)c3cccc(OCC)c3)C2c2ccccc2)nc1C. The number of thiazole rings is 1. The summed E-state index contributed by atoms with van der Waals surface area (Å²) in [5, 5.41) is 11.4. The second kappa shape index (κ2) is 10.6. The van der Waals surface area contributed by atoms with Gasteiger partial charge in [0.05, 0.1) is 23.9 Å². The zero-order chi connectivity index (χ0) is 25.8. The van der Waals surface area contributed by atoms with Crippen molar-refractivity contribution in [1.29, 1.82) is 0 Å². The van der Waals surface area contributed by atoms with Crippen LogP contribution in [-0.2, 0) is 14.3 Å². The van der Waals surface area contributed by atoms with E-state index in [2.05, 4.69) is 11.6 Å². The second-order valence-corrected chi connectivity index (χ2v) is 8.82. The van der Waals surface area contributed by atoms with Crippen LogP contribution in [0.5, 0.6) is 5.75 Å². The molecule has 1 unspecified atom stereocenters. The average Bonchev–Trinajstić information content (AvgIpc) is 3.39. The summed E-state index contributed by atoms with van der Waals surface area (Å²) in [5.41, 5.74) is 1.22. The van der Waals surface area contributed by atoms with Crippen LogP contribution in [0, 0.1) is 6.92 Å². The Morgan fingerprint density at radius 2 is 1.94 bits per heavy atom. The predicted molar refractivity (Wildman–Crippen MR) is 136 cm³/mol. The monoisotopic (exact) mass is 504 g/mol. The van der Waals surface area contributed by atoms with E-state index in [4.69, 9.17) is 9.47 Å². The van der Waals surface area contributed by atoms with Gasteiger partial charge in [0.2, 0.25) is 0 Å². The van der Waals surface area contributed by atoms with Gasteiger partial charge in [0.15, 0.2) is 5.13 Å². The lowest BCUT2D eigenvalue weighted by Crippen LogP contribution is -2.29. The Morgan fingerprint density at radius 1 is 1.19 bits per heavy atom. The first-order valence-corrected chi connectivity index (χ1v) is 12.0. The zero-order valence-corrected chi connectivity index (χ0v) is 20.6. The Bertz CT molecular complexity index is 1360. The van der Waals surface area contributed by atoms with Crippen LogP contribution < -0.4 is 9.64 Å². The Kier molecular flexibility index (Phi) is 7.30. The minimum absolute atomic E-state index is 0.0286. The van der Waals surface area contributed by atoms with Gasteiger partial charge in [0.1, 0.15) is 23.0 Å². The van der Waals surface area contributed by atoms with Crippen molar-refractivity contribution in [2.24, 2.45) is 0 Å². The van der Waals surface area contributed by atoms with E-state index in [-0.39, 0.29) is 27.9 Å². The van der Waals surface area contributed by atoms with E-state index in [1.54, 1.807) is 55.5 Å². The molecule has 184 valence electrons. The van der Waals surface area contributed by atoms with E-state index < -0.39 is 23.7 Å². The summed E-state index contributed by atoms with van der Waals surface area (Å²) in [6, 6.07) is 14.6. The molecule has 0 bridgehead atoms. The predicted octanol–water partition coefficient (Wildman–Crippen LogP) is 4.82. The molecule has 1 atom stereocenters. The topological polar surface area (TPSA) is 106 Å². The van der Waals surface area contributed by atoms with E-state index >= 15 is 0 Å². The number of nitrogens with zero attached hydrogens (tertiary/aromatic N) is 2. The molecule has 3 aromatic rings. The lowest BCUT2D eigenvalue weighted by molar-refractivity contribution is -0.132. The summed E-state index contributed by atoms with van der Waals surface area (Å²) in [4.78, 5) is 44.9. The van der Waals surface area contributed by atoms with Crippen LogP contribution >= 0.6 is 11.3 Å². The molecule has 9 heteroatoms. The van der Waals surface area contributed by atoms with Crippen molar-refractivity contribution in [3.8, 4) is 5.75 Å². The molecule has 4 rings (SSSR count). The van der Waals surface area contributed by atoms with Crippen molar-refractivity contribution in [2.75, 3.05) is 18.1 Å². The van der Waals surface area contributed by atoms with E-state index in [0.29, 0.717) is 29.2 Å². The van der Waals surface area contributed by atoms with Gasteiger partial charge in [0, 0.05) is 5.56 Å². The van der Waals surface area contributed by atoms with Crippen LogP contribution in [0.4, 0.5) is 5.13 Å². The van der Waals surface area contributed by atoms with Crippen LogP contribution in [-0.4, -0.2) is 41.0 Å². The minimum atomic E-state index is -0.954. The van der Waals surface area contributed by atoms with Crippen LogP contribution in [0.15, 0.2) is 72.8 Å². The van der Waals surface area contributed by atoms with Crippen molar-refractivity contribution in [2.45, 2.75) is 19.9 Å². The van der Waals surface area contributed by atoms with E-state index in [9.17, 15) is 19.5 Å². The average molecular weight is 505 g/mol. The highest BCUT2D eigenvalue weighted by molar-refractivity contribution is 7.17. The number of hydrogen-bond donors (Lipinski definition) is 1. The first-order chi connectivity index (χ1) is 17.4. The molecule has 0 spiro atoms. The number of anilines is 1. The molecule has 1 aliphatic heterocycles. The summed E-state index contributed by atoms with van der Waals surface area (Å²) >= 11 is 0.947. The van der Waals surface area contributed by atoms with Crippen LogP contribution in [0.25, 0.3) is 5.76 Å². The highest BCUT2D eigenvalue weighted by atomic mass is 32.1. The summed E-state index contributed by atoms with van der Waals surface area (Å²) in [6.07, 6.45) is 1.45. The van der Waals surface area contributed by atoms with E-state index in [1.165, 1.54) is 11.0 Å². The van der Waals surface area contributed by atoms with Gasteiger partial charge < -0.3 is 14.6 Å². The van der Waals surface area contributed by atoms with E-state index in [0.717, 1.165) is 11.3 Å². The fourth-order valence-electron chi connectivity index (χ4n) is 3.91. The highest BCUT2D eigenvalue weighted by Gasteiger charge is 2.48. The summed E-state index contributed by atoms with van der Waals surface area (Å²) < 4.78 is 10.6. The number of carbonyl (C=O) groups excluding carboxylic acids is 3. The molecule has 0 saturated carbocycles. The molecule has 0 aliphatic carbocycles. The molecule has 1 saturated heterocycles. The van der Waals surface area contributed by atoms with Crippen LogP contribution in [0.3, 0.4) is 0 Å². The molecule has 1 aromatic heterocycles. The third-order valence-electron chi connectivity index (χ3n) is 5.49. The number of ether oxygens (including phenoxy) is 2. The number of aromatic nitrogens is 1. The van der Waals surface area contributed by atoms with Crippen molar-refractivity contribution in [1.82, 2.24) is 4.98 Å². The molecule has 1 amide bonds. The first kappa shape index (κ1) is 24.9. The first-order valence-electron chi connectivity index (χ1n) is 11.2. The number of rotatable bonds is 8. The smallest absolute Gasteiger partial charge is 0.350 e. The maximum absolute atomic E-state index is 13.3. The number of benzene rings is 2. The van der Waals surface area contributed by atoms with E-state index in [1.807, 2.05) is 13.0 Å². The fraction of sp³-hybridized carbons (Fsp3) is 0.185. The standard InChI is InChI=1S/C27H24N2O6S/c1-4-14-35-26(33)24-16(3)28-27(36-24)29-21(17-10-7-6-8-11-17)20(23(31)25(29)32)22(30)18-12-9-13-19(15-18)34-5-2/h4,6-13,15,21,30H,1,5,14H2,2-3H3/b22-20+. The fourth-order valence-corrected chi connectivity index (χ4v) is 4.90. The Morgan fingerprint density at radius 3 is 2.64 bits per heavy atom. The molecule has 1 N–H and O–H groups in total. The van der Waals surface area contributed by atoms with Gasteiger partial charge in [-0.15, -0.1) is 0 Å². The number of carbonyl (C=O) groups is 3. The van der Waals surface area contributed by atoms with Gasteiger partial charge in [-0.2, -0.15) is 0 Å². The summed E-state index contributed by atoms with van der Waals surface area (Å²) in [7, 11) is 0. The number of amides is 1. The van der Waals surface area contributed by atoms with Crippen molar-refractivity contribution in [3.63, 3.8) is 0 Å². The van der Waals surface area contributed by atoms with Crippen molar-refractivity contribution in [3.05, 3.63) is 94.5 Å². The lowest BCUT2D eigenvalue weighted by atomic mass is 9.95. The molecule has 1 fully saturated rings. The number of hydrogen-bond acceptors (Lipinski definition) is 8. The number of ketones is 1. The third kappa shape index (κ3) is 4.65. The Labute approximate surface area is 212 Å². The van der Waals surface area contributed by atoms with Crippen LogP contribution in [0.1, 0.15) is 39.5 Å². The van der Waals surface area contributed by atoms with Crippen molar-refractivity contribution < 1.29 is 29.0 Å². The summed E-state index contributed by atoms with van der Waals surface area (Å²) in [5.74, 6) is -2.12. The van der Waals surface area contributed by atoms with Gasteiger partial charge in [-0.25, -0.2) is 9.78 Å². The lowest BCUT2D eigenvalue weighted by Gasteiger charge is -2.23.